The lowest BCUT2D eigenvalue weighted by Crippen LogP contribution is -1.88. The Hall–Kier alpha value is -0.0300. The van der Waals surface area contributed by atoms with Crippen LogP contribution in [0.4, 0.5) is 8.78 Å². The average Bonchev–Trinajstić information content (AvgIpc) is 1.94. The first-order chi connectivity index (χ1) is 5.13. The molecule has 0 saturated heterocycles. The molecule has 1 aromatic rings. The van der Waals surface area contributed by atoms with Crippen LogP contribution >= 0.6 is 31.9 Å². The fourth-order valence-corrected chi connectivity index (χ4v) is 1.36. The maximum absolute atomic E-state index is 12.1. The molecule has 0 aliphatic heterocycles. The van der Waals surface area contributed by atoms with Crippen molar-refractivity contribution in [3.63, 3.8) is 0 Å². The molecule has 0 fully saturated rings. The highest BCUT2D eigenvalue weighted by molar-refractivity contribution is 9.13. The SMILES string of the molecule is FC(F)c1ccnc(Br)c1Br. The van der Waals surface area contributed by atoms with Crippen LogP contribution < -0.4 is 0 Å². The summed E-state index contributed by atoms with van der Waals surface area (Å²) in [7, 11) is 0. The molecule has 0 saturated carbocycles. The van der Waals surface area contributed by atoms with Crippen molar-refractivity contribution >= 4 is 31.9 Å². The molecule has 0 aliphatic rings. The average molecular weight is 287 g/mol. The molecule has 0 spiro atoms. The van der Waals surface area contributed by atoms with Crippen molar-refractivity contribution < 1.29 is 8.78 Å². The van der Waals surface area contributed by atoms with Gasteiger partial charge in [-0.2, -0.15) is 0 Å². The smallest absolute Gasteiger partial charge is 0.248 e. The summed E-state index contributed by atoms with van der Waals surface area (Å²) in [5.74, 6) is 0. The minimum atomic E-state index is -2.47. The van der Waals surface area contributed by atoms with Gasteiger partial charge < -0.3 is 0 Å². The highest BCUT2D eigenvalue weighted by atomic mass is 79.9. The summed E-state index contributed by atoms with van der Waals surface area (Å²) < 4.78 is 25.0. The molecule has 1 heterocycles. The van der Waals surface area contributed by atoms with E-state index >= 15 is 0 Å². The highest BCUT2D eigenvalue weighted by Crippen LogP contribution is 2.31. The highest BCUT2D eigenvalue weighted by Gasteiger charge is 2.13. The fraction of sp³-hybridized carbons (Fsp3) is 0.167. The molecular weight excluding hydrogens is 284 g/mol. The second kappa shape index (κ2) is 3.58. The topological polar surface area (TPSA) is 12.9 Å². The monoisotopic (exact) mass is 285 g/mol. The Labute approximate surface area is 79.1 Å². The number of aromatic nitrogens is 1. The molecule has 11 heavy (non-hydrogen) atoms. The molecule has 1 rings (SSSR count). The number of halogens is 4. The van der Waals surface area contributed by atoms with E-state index in [4.69, 9.17) is 0 Å². The zero-order valence-corrected chi connectivity index (χ0v) is 8.36. The number of alkyl halides is 2. The second-order valence-electron chi connectivity index (χ2n) is 1.81. The first-order valence-corrected chi connectivity index (χ1v) is 4.29. The van der Waals surface area contributed by atoms with Crippen LogP contribution in [0.1, 0.15) is 12.0 Å². The normalized spacial score (nSPS) is 10.6. The standard InChI is InChI=1S/C6H3Br2F2N/c7-4-3(6(9)10)1-2-11-5(4)8/h1-2,6H. The zero-order valence-electron chi connectivity index (χ0n) is 5.19. The van der Waals surface area contributed by atoms with E-state index in [1.54, 1.807) is 0 Å². The van der Waals surface area contributed by atoms with Gasteiger partial charge in [0.2, 0.25) is 0 Å². The van der Waals surface area contributed by atoms with Crippen LogP contribution in [-0.2, 0) is 0 Å². The van der Waals surface area contributed by atoms with Gasteiger partial charge in [-0.15, -0.1) is 0 Å². The molecule has 0 N–H and O–H groups in total. The third kappa shape index (κ3) is 1.96. The van der Waals surface area contributed by atoms with Crippen molar-refractivity contribution in [2.75, 3.05) is 0 Å². The number of hydrogen-bond acceptors (Lipinski definition) is 1. The van der Waals surface area contributed by atoms with Gasteiger partial charge in [0.05, 0.1) is 4.47 Å². The van der Waals surface area contributed by atoms with E-state index < -0.39 is 6.43 Å². The second-order valence-corrected chi connectivity index (χ2v) is 3.35. The Balaban J connectivity index is 3.17. The van der Waals surface area contributed by atoms with Gasteiger partial charge >= 0.3 is 0 Å². The third-order valence-electron chi connectivity index (χ3n) is 1.11. The molecule has 0 aromatic carbocycles. The Kier molecular flexibility index (Phi) is 2.95. The molecule has 0 atom stereocenters. The first-order valence-electron chi connectivity index (χ1n) is 2.71. The van der Waals surface area contributed by atoms with E-state index in [2.05, 4.69) is 36.8 Å². The molecule has 60 valence electrons. The quantitative estimate of drug-likeness (QED) is 0.720. The molecule has 0 unspecified atom stereocenters. The van der Waals surface area contributed by atoms with Crippen LogP contribution in [0.25, 0.3) is 0 Å². The summed E-state index contributed by atoms with van der Waals surface area (Å²) in [6, 6.07) is 1.28. The summed E-state index contributed by atoms with van der Waals surface area (Å²) in [4.78, 5) is 3.76. The van der Waals surface area contributed by atoms with Crippen LogP contribution in [0.2, 0.25) is 0 Å². The lowest BCUT2D eigenvalue weighted by atomic mass is 10.3. The van der Waals surface area contributed by atoms with Crippen molar-refractivity contribution in [2.45, 2.75) is 6.43 Å². The molecule has 5 heteroatoms. The maximum atomic E-state index is 12.1. The lowest BCUT2D eigenvalue weighted by molar-refractivity contribution is 0.150. The number of hydrogen-bond donors (Lipinski definition) is 0. The minimum Gasteiger partial charge on any atom is -0.248 e. The summed E-state index contributed by atoms with van der Waals surface area (Å²) in [6.45, 7) is 0. The van der Waals surface area contributed by atoms with Crippen molar-refractivity contribution in [3.05, 3.63) is 26.9 Å². The van der Waals surface area contributed by atoms with Crippen LogP contribution in [-0.4, -0.2) is 4.98 Å². The zero-order chi connectivity index (χ0) is 8.43. The summed E-state index contributed by atoms with van der Waals surface area (Å²) in [5.41, 5.74) is -0.0492. The van der Waals surface area contributed by atoms with Crippen molar-refractivity contribution in [1.29, 1.82) is 0 Å². The fourth-order valence-electron chi connectivity index (χ4n) is 0.600. The Morgan fingerprint density at radius 2 is 2.00 bits per heavy atom. The van der Waals surface area contributed by atoms with E-state index in [1.165, 1.54) is 12.3 Å². The molecule has 1 nitrogen and oxygen atoms in total. The molecular formula is C6H3Br2F2N. The van der Waals surface area contributed by atoms with Gasteiger partial charge in [-0.05, 0) is 37.9 Å². The van der Waals surface area contributed by atoms with Crippen LogP contribution in [0.5, 0.6) is 0 Å². The third-order valence-corrected chi connectivity index (χ3v) is 3.08. The molecule has 0 amide bonds. The van der Waals surface area contributed by atoms with Gasteiger partial charge in [-0.25, -0.2) is 13.8 Å². The van der Waals surface area contributed by atoms with E-state index in [0.29, 0.717) is 9.08 Å². The van der Waals surface area contributed by atoms with Gasteiger partial charge in [-0.1, -0.05) is 0 Å². The van der Waals surface area contributed by atoms with Crippen molar-refractivity contribution in [2.24, 2.45) is 0 Å². The van der Waals surface area contributed by atoms with Gasteiger partial charge in [0, 0.05) is 11.8 Å². The predicted octanol–water partition coefficient (Wildman–Crippen LogP) is 3.54. The molecule has 0 aliphatic carbocycles. The van der Waals surface area contributed by atoms with Crippen molar-refractivity contribution in [3.8, 4) is 0 Å². The first kappa shape index (κ1) is 9.06. The van der Waals surface area contributed by atoms with E-state index in [0.717, 1.165) is 0 Å². The van der Waals surface area contributed by atoms with Gasteiger partial charge in [-0.3, -0.25) is 0 Å². The number of rotatable bonds is 1. The van der Waals surface area contributed by atoms with Crippen LogP contribution in [0.3, 0.4) is 0 Å². The van der Waals surface area contributed by atoms with Crippen LogP contribution in [0.15, 0.2) is 21.3 Å². The summed E-state index contributed by atoms with van der Waals surface area (Å²) in [6.07, 6.45) is -1.14. The van der Waals surface area contributed by atoms with E-state index in [-0.39, 0.29) is 5.56 Å². The maximum Gasteiger partial charge on any atom is 0.265 e. The molecule has 0 bridgehead atoms. The molecule has 1 aromatic heterocycles. The van der Waals surface area contributed by atoms with Gasteiger partial charge in [0.1, 0.15) is 4.60 Å². The number of nitrogens with zero attached hydrogens (tertiary/aromatic N) is 1. The predicted molar refractivity (Wildman–Crippen MR) is 44.6 cm³/mol. The Morgan fingerprint density at radius 1 is 1.36 bits per heavy atom. The van der Waals surface area contributed by atoms with Crippen LogP contribution in [0, 0.1) is 0 Å². The Bertz CT molecular complexity index is 265. The van der Waals surface area contributed by atoms with E-state index in [1.807, 2.05) is 0 Å². The van der Waals surface area contributed by atoms with Gasteiger partial charge in [0.15, 0.2) is 0 Å². The number of pyridine rings is 1. The van der Waals surface area contributed by atoms with Gasteiger partial charge in [0.25, 0.3) is 6.43 Å². The minimum absolute atomic E-state index is 0.0492. The Morgan fingerprint density at radius 3 is 2.45 bits per heavy atom. The summed E-state index contributed by atoms with van der Waals surface area (Å²) in [5, 5.41) is 0. The summed E-state index contributed by atoms with van der Waals surface area (Å²) >= 11 is 6.01. The largest absolute Gasteiger partial charge is 0.265 e. The van der Waals surface area contributed by atoms with Crippen molar-refractivity contribution in [1.82, 2.24) is 4.98 Å². The molecule has 0 radical (unpaired) electrons. The lowest BCUT2D eigenvalue weighted by Gasteiger charge is -2.02. The van der Waals surface area contributed by atoms with E-state index in [9.17, 15) is 8.78 Å².